The second-order valence-corrected chi connectivity index (χ2v) is 11.0. The number of hydrogen-bond acceptors (Lipinski definition) is 3. The zero-order chi connectivity index (χ0) is 27.1. The minimum atomic E-state index is -0.435. The molecule has 1 aliphatic heterocycles. The molecule has 2 heterocycles. The molecule has 8 heteroatoms. The van der Waals surface area contributed by atoms with E-state index in [1.54, 1.807) is 36.4 Å². The molecule has 1 atom stereocenters. The minimum Gasteiger partial charge on any atom is -0.321 e. The van der Waals surface area contributed by atoms with Gasteiger partial charge in [-0.25, -0.2) is 5.01 Å². The number of rotatable bonds is 4. The maximum atomic E-state index is 13.8. The van der Waals surface area contributed by atoms with Crippen molar-refractivity contribution >= 4 is 61.7 Å². The van der Waals surface area contributed by atoms with Crippen molar-refractivity contribution in [3.05, 3.63) is 139 Å². The Morgan fingerprint density at radius 2 is 1.62 bits per heavy atom. The molecule has 1 aliphatic rings. The number of nitrogens with one attached hydrogen (secondary N) is 1. The molecule has 0 aliphatic carbocycles. The zero-order valence-corrected chi connectivity index (χ0v) is 23.5. The van der Waals surface area contributed by atoms with Crippen molar-refractivity contribution in [2.24, 2.45) is 5.10 Å². The Balaban J connectivity index is 1.58. The first-order valence-electron chi connectivity index (χ1n) is 12.2. The van der Waals surface area contributed by atoms with Crippen LogP contribution >= 0.6 is 39.1 Å². The highest BCUT2D eigenvalue weighted by atomic mass is 79.9. The van der Waals surface area contributed by atoms with E-state index in [4.69, 9.17) is 28.3 Å². The summed E-state index contributed by atoms with van der Waals surface area (Å²) in [5, 5.41) is 7.93. The van der Waals surface area contributed by atoms with Crippen LogP contribution in [0.5, 0.6) is 0 Å². The van der Waals surface area contributed by atoms with Gasteiger partial charge in [0.25, 0.3) is 11.5 Å². The first-order chi connectivity index (χ1) is 18.9. The van der Waals surface area contributed by atoms with Gasteiger partial charge >= 0.3 is 0 Å². The van der Waals surface area contributed by atoms with Gasteiger partial charge in [-0.05, 0) is 53.6 Å². The number of carbonyl (C=O) groups is 1. The Morgan fingerprint density at radius 3 is 2.36 bits per heavy atom. The highest BCUT2D eigenvalue weighted by Crippen LogP contribution is 2.38. The number of aromatic amines is 1. The van der Waals surface area contributed by atoms with Gasteiger partial charge in [-0.1, -0.05) is 93.7 Å². The van der Waals surface area contributed by atoms with Crippen LogP contribution in [0.15, 0.2) is 111 Å². The predicted octanol–water partition coefficient (Wildman–Crippen LogP) is 8.26. The standard InChI is InChI=1S/C31H20BrCl2N3O2/c32-20-12-10-18(11-13-20)27-17-26(36-37(27)31(39)22-8-4-5-9-24(22)34)29-28(19-6-2-1-3-7-19)23-16-21(33)14-15-25(23)35-30(29)38/h1-16,27H,17H2,(H,35,38)/t27-/m0/s1. The summed E-state index contributed by atoms with van der Waals surface area (Å²) in [6.45, 7) is 0. The molecule has 4 aromatic carbocycles. The van der Waals surface area contributed by atoms with E-state index < -0.39 is 6.04 Å². The zero-order valence-electron chi connectivity index (χ0n) is 20.4. The average Bonchev–Trinajstić information content (AvgIpc) is 3.38. The number of fused-ring (bicyclic) bond motifs is 1. The molecule has 0 saturated heterocycles. The van der Waals surface area contributed by atoms with Crippen LogP contribution in [0.3, 0.4) is 0 Å². The van der Waals surface area contributed by atoms with Crippen LogP contribution < -0.4 is 5.56 Å². The molecule has 0 fully saturated rings. The van der Waals surface area contributed by atoms with Crippen LogP contribution in [0.2, 0.25) is 10.0 Å². The number of benzene rings is 4. The Morgan fingerprint density at radius 1 is 0.897 bits per heavy atom. The molecule has 192 valence electrons. The van der Waals surface area contributed by atoms with Crippen LogP contribution in [0.4, 0.5) is 0 Å². The molecule has 1 aromatic heterocycles. The smallest absolute Gasteiger partial charge is 0.276 e. The summed E-state index contributed by atoms with van der Waals surface area (Å²) in [6, 6.07) is 29.2. The molecule has 5 aromatic rings. The summed E-state index contributed by atoms with van der Waals surface area (Å²) >= 11 is 16.3. The van der Waals surface area contributed by atoms with Crippen molar-refractivity contribution in [2.45, 2.75) is 12.5 Å². The number of pyridine rings is 1. The van der Waals surface area contributed by atoms with Gasteiger partial charge in [0.1, 0.15) is 0 Å². The lowest BCUT2D eigenvalue weighted by Gasteiger charge is -2.22. The number of H-pyrrole nitrogens is 1. The number of aromatic nitrogens is 1. The van der Waals surface area contributed by atoms with Crippen LogP contribution in [0.1, 0.15) is 33.9 Å². The van der Waals surface area contributed by atoms with Gasteiger partial charge in [-0.3, -0.25) is 9.59 Å². The topological polar surface area (TPSA) is 65.5 Å². The van der Waals surface area contributed by atoms with E-state index in [0.29, 0.717) is 38.8 Å². The van der Waals surface area contributed by atoms with E-state index >= 15 is 0 Å². The molecule has 0 unspecified atom stereocenters. The summed E-state index contributed by atoms with van der Waals surface area (Å²) < 4.78 is 0.920. The molecule has 39 heavy (non-hydrogen) atoms. The monoisotopic (exact) mass is 615 g/mol. The fourth-order valence-electron chi connectivity index (χ4n) is 5.00. The third-order valence-corrected chi connectivity index (χ3v) is 7.90. The minimum absolute atomic E-state index is 0.288. The lowest BCUT2D eigenvalue weighted by Crippen LogP contribution is -2.27. The van der Waals surface area contributed by atoms with Gasteiger partial charge in [0.2, 0.25) is 0 Å². The maximum absolute atomic E-state index is 13.8. The summed E-state index contributed by atoms with van der Waals surface area (Å²) in [5.74, 6) is -0.343. The Labute approximate surface area is 242 Å². The van der Waals surface area contributed by atoms with Crippen molar-refractivity contribution in [2.75, 3.05) is 0 Å². The van der Waals surface area contributed by atoms with Crippen molar-refractivity contribution in [3.8, 4) is 11.1 Å². The Hall–Kier alpha value is -3.71. The van der Waals surface area contributed by atoms with E-state index in [0.717, 1.165) is 26.5 Å². The molecule has 0 spiro atoms. The maximum Gasteiger partial charge on any atom is 0.276 e. The highest BCUT2D eigenvalue weighted by Gasteiger charge is 2.36. The molecule has 0 radical (unpaired) electrons. The molecule has 1 N–H and O–H groups in total. The van der Waals surface area contributed by atoms with E-state index in [2.05, 4.69) is 20.9 Å². The van der Waals surface area contributed by atoms with Gasteiger partial charge in [0.15, 0.2) is 0 Å². The van der Waals surface area contributed by atoms with E-state index in [1.807, 2.05) is 60.7 Å². The summed E-state index contributed by atoms with van der Waals surface area (Å²) in [5.41, 5.74) is 4.09. The van der Waals surface area contributed by atoms with Gasteiger partial charge in [-0.15, -0.1) is 0 Å². The molecular weight excluding hydrogens is 597 g/mol. The van der Waals surface area contributed by atoms with Crippen molar-refractivity contribution in [3.63, 3.8) is 0 Å². The van der Waals surface area contributed by atoms with E-state index in [1.165, 1.54) is 5.01 Å². The molecule has 0 saturated carbocycles. The Kier molecular flexibility index (Phi) is 6.85. The third-order valence-electron chi connectivity index (χ3n) is 6.80. The van der Waals surface area contributed by atoms with Crippen molar-refractivity contribution in [1.29, 1.82) is 0 Å². The van der Waals surface area contributed by atoms with Crippen LogP contribution in [-0.4, -0.2) is 21.6 Å². The molecular formula is C31H20BrCl2N3O2. The third kappa shape index (κ3) is 4.80. The van der Waals surface area contributed by atoms with Gasteiger partial charge < -0.3 is 4.98 Å². The largest absolute Gasteiger partial charge is 0.321 e. The van der Waals surface area contributed by atoms with Gasteiger partial charge in [-0.2, -0.15) is 5.10 Å². The van der Waals surface area contributed by atoms with Gasteiger partial charge in [0, 0.05) is 32.4 Å². The second-order valence-electron chi connectivity index (χ2n) is 9.21. The predicted molar refractivity (Wildman–Crippen MR) is 161 cm³/mol. The summed E-state index contributed by atoms with van der Waals surface area (Å²) in [7, 11) is 0. The van der Waals surface area contributed by atoms with Crippen molar-refractivity contribution in [1.82, 2.24) is 9.99 Å². The summed E-state index contributed by atoms with van der Waals surface area (Å²) in [6.07, 6.45) is 0.340. The SMILES string of the molecule is O=C(c1ccccc1Cl)N1N=C(c2c(-c3ccccc3)c3cc(Cl)ccc3[nH]c2=O)C[C@H]1c1ccc(Br)cc1. The van der Waals surface area contributed by atoms with Gasteiger partial charge in [0.05, 0.1) is 27.9 Å². The van der Waals surface area contributed by atoms with Crippen LogP contribution in [0.25, 0.3) is 22.0 Å². The lowest BCUT2D eigenvalue weighted by molar-refractivity contribution is 0.0711. The van der Waals surface area contributed by atoms with Crippen LogP contribution in [-0.2, 0) is 0 Å². The number of carbonyl (C=O) groups excluding carboxylic acids is 1. The summed E-state index contributed by atoms with van der Waals surface area (Å²) in [4.78, 5) is 30.5. The molecule has 1 amide bonds. The second kappa shape index (κ2) is 10.5. The first kappa shape index (κ1) is 25.6. The number of hydrogen-bond donors (Lipinski definition) is 1. The first-order valence-corrected chi connectivity index (χ1v) is 13.8. The number of halogens is 3. The van der Waals surface area contributed by atoms with E-state index in [-0.39, 0.29) is 11.5 Å². The lowest BCUT2D eigenvalue weighted by atomic mass is 9.91. The quantitative estimate of drug-likeness (QED) is 0.221. The average molecular weight is 617 g/mol. The van der Waals surface area contributed by atoms with Crippen molar-refractivity contribution < 1.29 is 4.79 Å². The number of amides is 1. The molecule has 5 nitrogen and oxygen atoms in total. The Bertz CT molecular complexity index is 1820. The highest BCUT2D eigenvalue weighted by molar-refractivity contribution is 9.10. The normalized spacial score (nSPS) is 15.0. The fourth-order valence-corrected chi connectivity index (χ4v) is 5.65. The molecule has 6 rings (SSSR count). The fraction of sp³-hybridized carbons (Fsp3) is 0.0645. The number of nitrogens with zero attached hydrogens (tertiary/aromatic N) is 2. The number of hydrazone groups is 1. The van der Waals surface area contributed by atoms with E-state index in [9.17, 15) is 9.59 Å². The molecule has 0 bridgehead atoms. The van der Waals surface area contributed by atoms with Crippen LogP contribution in [0, 0.1) is 0 Å².